The molecule has 0 aromatic heterocycles. The number of rotatable bonds is 42. The van der Waals surface area contributed by atoms with E-state index >= 15 is 0 Å². The molecule has 50 heavy (non-hydrogen) atoms. The predicted molar refractivity (Wildman–Crippen MR) is 218 cm³/mol. The average molecular weight is 710 g/mol. The topological polar surface area (TPSA) is 89.8 Å². The third-order valence-corrected chi connectivity index (χ3v) is 10.9. The van der Waals surface area contributed by atoms with Gasteiger partial charge < -0.3 is 20.6 Å². The summed E-state index contributed by atoms with van der Waals surface area (Å²) < 4.78 is 0. The van der Waals surface area contributed by atoms with Crippen LogP contribution in [-0.2, 0) is 4.79 Å². The first-order valence-electron chi connectivity index (χ1n) is 22.8. The van der Waals surface area contributed by atoms with Gasteiger partial charge in [-0.1, -0.05) is 239 Å². The zero-order valence-electron chi connectivity index (χ0n) is 34.1. The van der Waals surface area contributed by atoms with Crippen LogP contribution in [0.3, 0.4) is 0 Å². The van der Waals surface area contributed by atoms with Crippen LogP contribution in [0.5, 0.6) is 0 Å². The molecule has 0 saturated heterocycles. The van der Waals surface area contributed by atoms with Gasteiger partial charge >= 0.3 is 0 Å². The second-order valence-corrected chi connectivity index (χ2v) is 16.0. The maximum Gasteiger partial charge on any atom is 0.222 e. The number of unbranched alkanes of at least 4 members (excludes halogenated alkanes) is 33. The SMILES string of the molecule is CCCCCCCCCCCCCCCCCCCCCCCCCCCCC(O)CC(=O)NC(CO)C(O)CCCCCCCCCCC. The molecule has 4 N–H and O–H groups in total. The van der Waals surface area contributed by atoms with Crippen LogP contribution in [0.1, 0.15) is 258 Å². The summed E-state index contributed by atoms with van der Waals surface area (Å²) in [6.07, 6.45) is 46.7. The molecule has 0 aromatic rings. The van der Waals surface area contributed by atoms with Crippen LogP contribution in [0, 0.1) is 0 Å². The molecule has 0 aromatic carbocycles. The Morgan fingerprint density at radius 2 is 0.680 bits per heavy atom. The Balaban J connectivity index is 3.46. The molecule has 3 atom stereocenters. The minimum atomic E-state index is -0.741. The summed E-state index contributed by atoms with van der Waals surface area (Å²) in [5.74, 6) is -0.280. The van der Waals surface area contributed by atoms with Crippen molar-refractivity contribution in [2.24, 2.45) is 0 Å². The molecule has 0 rings (SSSR count). The number of hydrogen-bond donors (Lipinski definition) is 4. The van der Waals surface area contributed by atoms with Crippen LogP contribution < -0.4 is 5.32 Å². The minimum absolute atomic E-state index is 0.0424. The van der Waals surface area contributed by atoms with E-state index in [0.29, 0.717) is 12.8 Å². The number of hydrogen-bond acceptors (Lipinski definition) is 4. The fourth-order valence-corrected chi connectivity index (χ4v) is 7.41. The molecule has 0 fully saturated rings. The van der Waals surface area contributed by atoms with E-state index < -0.39 is 18.2 Å². The van der Waals surface area contributed by atoms with Crippen LogP contribution in [0.15, 0.2) is 0 Å². The van der Waals surface area contributed by atoms with Gasteiger partial charge in [0.05, 0.1) is 31.3 Å². The maximum atomic E-state index is 12.4. The standard InChI is InChI=1S/C45H91NO4/c1-3-5-7-9-11-13-14-15-16-17-18-19-20-21-22-23-24-25-26-27-28-29-31-32-34-36-38-42(48)40-45(50)46-43(41-47)44(49)39-37-35-33-30-12-10-8-6-4-2/h42-44,47-49H,3-41H2,1-2H3,(H,46,50). The van der Waals surface area contributed by atoms with Gasteiger partial charge in [0.1, 0.15) is 0 Å². The largest absolute Gasteiger partial charge is 0.394 e. The highest BCUT2D eigenvalue weighted by molar-refractivity contribution is 5.76. The van der Waals surface area contributed by atoms with Gasteiger partial charge in [-0.2, -0.15) is 0 Å². The first-order valence-corrected chi connectivity index (χ1v) is 22.8. The highest BCUT2D eigenvalue weighted by atomic mass is 16.3. The number of amides is 1. The second-order valence-electron chi connectivity index (χ2n) is 16.0. The third kappa shape index (κ3) is 37.1. The van der Waals surface area contributed by atoms with Gasteiger partial charge in [0.25, 0.3) is 0 Å². The molecule has 0 radical (unpaired) electrons. The molecule has 0 spiro atoms. The summed E-state index contributed by atoms with van der Waals surface area (Å²) in [5, 5.41) is 33.2. The molecule has 5 nitrogen and oxygen atoms in total. The zero-order valence-corrected chi connectivity index (χ0v) is 34.1. The van der Waals surface area contributed by atoms with E-state index in [1.807, 2.05) is 0 Å². The van der Waals surface area contributed by atoms with Crippen molar-refractivity contribution in [2.75, 3.05) is 6.61 Å². The summed E-state index contributed by atoms with van der Waals surface area (Å²) in [6.45, 7) is 4.25. The van der Waals surface area contributed by atoms with Crippen molar-refractivity contribution in [2.45, 2.75) is 276 Å². The smallest absolute Gasteiger partial charge is 0.222 e. The van der Waals surface area contributed by atoms with Crippen LogP contribution in [0.2, 0.25) is 0 Å². The molecule has 300 valence electrons. The van der Waals surface area contributed by atoms with Gasteiger partial charge in [0.15, 0.2) is 0 Å². The van der Waals surface area contributed by atoms with Gasteiger partial charge in [-0.05, 0) is 12.8 Å². The van der Waals surface area contributed by atoms with Crippen molar-refractivity contribution in [1.29, 1.82) is 0 Å². The quantitative estimate of drug-likeness (QED) is 0.0475. The van der Waals surface area contributed by atoms with Crippen LogP contribution >= 0.6 is 0 Å². The monoisotopic (exact) mass is 710 g/mol. The Morgan fingerprint density at radius 1 is 0.420 bits per heavy atom. The summed E-state index contributed by atoms with van der Waals surface area (Å²) >= 11 is 0. The second kappa shape index (κ2) is 41.1. The predicted octanol–water partition coefficient (Wildman–Crippen LogP) is 13.0. The molecular formula is C45H91NO4. The summed E-state index contributed by atoms with van der Waals surface area (Å²) in [6, 6.07) is -0.650. The van der Waals surface area contributed by atoms with Gasteiger partial charge in [-0.25, -0.2) is 0 Å². The normalized spacial score (nSPS) is 13.5. The van der Waals surface area contributed by atoms with Crippen molar-refractivity contribution in [3.05, 3.63) is 0 Å². The lowest BCUT2D eigenvalue weighted by Crippen LogP contribution is -2.46. The Kier molecular flexibility index (Phi) is 40.6. The molecule has 0 aliphatic carbocycles. The highest BCUT2D eigenvalue weighted by Crippen LogP contribution is 2.17. The molecule has 3 unspecified atom stereocenters. The number of carbonyl (C=O) groups is 1. The maximum absolute atomic E-state index is 12.4. The molecule has 0 aliphatic rings. The highest BCUT2D eigenvalue weighted by Gasteiger charge is 2.21. The molecular weight excluding hydrogens is 618 g/mol. The lowest BCUT2D eigenvalue weighted by Gasteiger charge is -2.23. The van der Waals surface area contributed by atoms with E-state index in [-0.39, 0.29) is 18.9 Å². The van der Waals surface area contributed by atoms with Gasteiger partial charge in [0.2, 0.25) is 5.91 Å². The Labute approximate surface area is 313 Å². The van der Waals surface area contributed by atoms with E-state index in [0.717, 1.165) is 25.7 Å². The molecule has 0 aliphatic heterocycles. The van der Waals surface area contributed by atoms with Crippen molar-refractivity contribution in [3.63, 3.8) is 0 Å². The molecule has 0 saturated carbocycles. The van der Waals surface area contributed by atoms with Crippen LogP contribution in [-0.4, -0.2) is 46.1 Å². The van der Waals surface area contributed by atoms with E-state index in [1.54, 1.807) is 0 Å². The molecule has 5 heteroatoms. The zero-order chi connectivity index (χ0) is 36.6. The van der Waals surface area contributed by atoms with E-state index in [2.05, 4.69) is 19.2 Å². The summed E-state index contributed by atoms with van der Waals surface area (Å²) in [5.41, 5.74) is 0. The summed E-state index contributed by atoms with van der Waals surface area (Å²) in [4.78, 5) is 12.4. The van der Waals surface area contributed by atoms with Crippen LogP contribution in [0.25, 0.3) is 0 Å². The number of nitrogens with one attached hydrogen (secondary N) is 1. The Bertz CT molecular complexity index is 659. The van der Waals surface area contributed by atoms with Gasteiger partial charge in [-0.3, -0.25) is 4.79 Å². The van der Waals surface area contributed by atoms with Crippen molar-refractivity contribution < 1.29 is 20.1 Å². The lowest BCUT2D eigenvalue weighted by atomic mass is 10.0. The van der Waals surface area contributed by atoms with Crippen molar-refractivity contribution in [3.8, 4) is 0 Å². The number of aliphatic hydroxyl groups excluding tert-OH is 3. The van der Waals surface area contributed by atoms with Gasteiger partial charge in [0, 0.05) is 0 Å². The third-order valence-electron chi connectivity index (χ3n) is 10.9. The molecule has 0 bridgehead atoms. The average Bonchev–Trinajstić information content (AvgIpc) is 3.11. The Morgan fingerprint density at radius 3 is 0.960 bits per heavy atom. The Hall–Kier alpha value is -0.650. The first kappa shape index (κ1) is 49.4. The van der Waals surface area contributed by atoms with Crippen LogP contribution in [0.4, 0.5) is 0 Å². The number of carbonyl (C=O) groups excluding carboxylic acids is 1. The molecule has 1 amide bonds. The summed E-state index contributed by atoms with van der Waals surface area (Å²) in [7, 11) is 0. The van der Waals surface area contributed by atoms with Crippen molar-refractivity contribution >= 4 is 5.91 Å². The fourth-order valence-electron chi connectivity index (χ4n) is 7.41. The first-order chi connectivity index (χ1) is 24.5. The van der Waals surface area contributed by atoms with E-state index in [1.165, 1.54) is 199 Å². The lowest BCUT2D eigenvalue weighted by molar-refractivity contribution is -0.125. The van der Waals surface area contributed by atoms with E-state index in [4.69, 9.17) is 0 Å². The van der Waals surface area contributed by atoms with Crippen molar-refractivity contribution in [1.82, 2.24) is 5.32 Å². The van der Waals surface area contributed by atoms with E-state index in [9.17, 15) is 20.1 Å². The minimum Gasteiger partial charge on any atom is -0.394 e. The number of aliphatic hydroxyl groups is 3. The van der Waals surface area contributed by atoms with Gasteiger partial charge in [-0.15, -0.1) is 0 Å². The fraction of sp³-hybridized carbons (Fsp3) is 0.978. The molecule has 0 heterocycles.